The topological polar surface area (TPSA) is 43.8 Å². The summed E-state index contributed by atoms with van der Waals surface area (Å²) in [4.78, 5) is 0. The fraction of sp³-hybridized carbons (Fsp3) is 0.786. The summed E-state index contributed by atoms with van der Waals surface area (Å²) in [5, 5.41) is 4.72. The Morgan fingerprint density at radius 3 is 2.88 bits per heavy atom. The van der Waals surface area contributed by atoms with E-state index in [2.05, 4.69) is 23.9 Å². The van der Waals surface area contributed by atoms with Gasteiger partial charge in [0, 0.05) is 6.20 Å². The van der Waals surface area contributed by atoms with Crippen LogP contribution in [0.15, 0.2) is 12.3 Å². The lowest BCUT2D eigenvalue weighted by molar-refractivity contribution is 0.446. The van der Waals surface area contributed by atoms with Crippen LogP contribution in [0.5, 0.6) is 0 Å². The summed E-state index contributed by atoms with van der Waals surface area (Å²) in [5.41, 5.74) is 7.02. The first-order valence-electron chi connectivity index (χ1n) is 7.07. The van der Waals surface area contributed by atoms with Crippen molar-refractivity contribution >= 4 is 0 Å². The SMILES string of the molecule is CCCC(CN)Cc1ccn(C2CCCC2)n1. The van der Waals surface area contributed by atoms with Gasteiger partial charge in [-0.3, -0.25) is 4.68 Å². The quantitative estimate of drug-likeness (QED) is 0.824. The van der Waals surface area contributed by atoms with Gasteiger partial charge in [0.2, 0.25) is 0 Å². The Morgan fingerprint density at radius 2 is 2.24 bits per heavy atom. The minimum absolute atomic E-state index is 0.604. The minimum atomic E-state index is 0.604. The van der Waals surface area contributed by atoms with Gasteiger partial charge < -0.3 is 5.73 Å². The van der Waals surface area contributed by atoms with Crippen LogP contribution in [0.3, 0.4) is 0 Å². The summed E-state index contributed by atoms with van der Waals surface area (Å²) in [5.74, 6) is 0.604. The molecular weight excluding hydrogens is 210 g/mol. The number of nitrogens with zero attached hydrogens (tertiary/aromatic N) is 2. The van der Waals surface area contributed by atoms with Gasteiger partial charge in [0.1, 0.15) is 0 Å². The van der Waals surface area contributed by atoms with E-state index in [1.54, 1.807) is 0 Å². The fourth-order valence-corrected chi connectivity index (χ4v) is 2.87. The second kappa shape index (κ2) is 6.20. The zero-order valence-corrected chi connectivity index (χ0v) is 10.9. The highest BCUT2D eigenvalue weighted by atomic mass is 15.3. The normalized spacial score (nSPS) is 18.7. The van der Waals surface area contributed by atoms with Crippen molar-refractivity contribution in [3.63, 3.8) is 0 Å². The van der Waals surface area contributed by atoms with Gasteiger partial charge >= 0.3 is 0 Å². The molecule has 2 rings (SSSR count). The second-order valence-electron chi connectivity index (χ2n) is 5.32. The monoisotopic (exact) mass is 235 g/mol. The Morgan fingerprint density at radius 1 is 1.47 bits per heavy atom. The molecule has 0 aromatic carbocycles. The maximum atomic E-state index is 5.80. The van der Waals surface area contributed by atoms with Crippen molar-refractivity contribution in [3.05, 3.63) is 18.0 Å². The first-order valence-corrected chi connectivity index (χ1v) is 7.07. The molecule has 1 aromatic heterocycles. The van der Waals surface area contributed by atoms with Crippen molar-refractivity contribution in [2.75, 3.05) is 6.54 Å². The zero-order valence-electron chi connectivity index (χ0n) is 10.9. The molecule has 1 fully saturated rings. The highest BCUT2D eigenvalue weighted by molar-refractivity contribution is 5.01. The molecule has 1 unspecified atom stereocenters. The number of rotatable bonds is 6. The molecule has 0 aliphatic heterocycles. The molecule has 0 amide bonds. The molecule has 1 saturated carbocycles. The van der Waals surface area contributed by atoms with Crippen LogP contribution in [0.25, 0.3) is 0 Å². The average Bonchev–Trinajstić information content (AvgIpc) is 2.98. The van der Waals surface area contributed by atoms with E-state index in [9.17, 15) is 0 Å². The van der Waals surface area contributed by atoms with Crippen LogP contribution >= 0.6 is 0 Å². The Bertz CT molecular complexity index is 326. The van der Waals surface area contributed by atoms with E-state index < -0.39 is 0 Å². The predicted molar refractivity (Wildman–Crippen MR) is 70.9 cm³/mol. The fourth-order valence-electron chi connectivity index (χ4n) is 2.87. The highest BCUT2D eigenvalue weighted by Gasteiger charge is 2.18. The van der Waals surface area contributed by atoms with Gasteiger partial charge in [-0.15, -0.1) is 0 Å². The van der Waals surface area contributed by atoms with Gasteiger partial charge in [-0.2, -0.15) is 5.10 Å². The first-order chi connectivity index (χ1) is 8.33. The molecule has 2 N–H and O–H groups in total. The molecular formula is C14H25N3. The van der Waals surface area contributed by atoms with Crippen molar-refractivity contribution in [2.24, 2.45) is 11.7 Å². The molecule has 0 saturated heterocycles. The van der Waals surface area contributed by atoms with Crippen molar-refractivity contribution < 1.29 is 0 Å². The van der Waals surface area contributed by atoms with Crippen LogP contribution in [0, 0.1) is 5.92 Å². The summed E-state index contributed by atoms with van der Waals surface area (Å²) in [6.07, 6.45) is 11.0. The Balaban J connectivity index is 1.92. The molecule has 1 aromatic rings. The molecule has 3 heteroatoms. The lowest BCUT2D eigenvalue weighted by atomic mass is 9.98. The first kappa shape index (κ1) is 12.6. The Kier molecular flexibility index (Phi) is 4.60. The van der Waals surface area contributed by atoms with Gasteiger partial charge in [0.05, 0.1) is 11.7 Å². The molecule has 3 nitrogen and oxygen atoms in total. The van der Waals surface area contributed by atoms with E-state index in [1.807, 2.05) is 0 Å². The molecule has 1 atom stereocenters. The van der Waals surface area contributed by atoms with Gasteiger partial charge in [-0.1, -0.05) is 26.2 Å². The second-order valence-corrected chi connectivity index (χ2v) is 5.32. The van der Waals surface area contributed by atoms with E-state index >= 15 is 0 Å². The third-order valence-electron chi connectivity index (χ3n) is 3.89. The maximum Gasteiger partial charge on any atom is 0.0627 e. The molecule has 0 bridgehead atoms. The molecule has 1 aliphatic carbocycles. The number of hydrogen-bond donors (Lipinski definition) is 1. The number of nitrogens with two attached hydrogens (primary N) is 1. The van der Waals surface area contributed by atoms with Crippen LogP contribution in [-0.4, -0.2) is 16.3 Å². The molecule has 1 aliphatic rings. The van der Waals surface area contributed by atoms with E-state index in [1.165, 1.54) is 44.2 Å². The molecule has 0 radical (unpaired) electrons. The van der Waals surface area contributed by atoms with E-state index in [0.717, 1.165) is 13.0 Å². The maximum absolute atomic E-state index is 5.80. The van der Waals surface area contributed by atoms with Crippen molar-refractivity contribution in [1.29, 1.82) is 0 Å². The Labute approximate surface area is 104 Å². The van der Waals surface area contributed by atoms with Crippen LogP contribution in [0.2, 0.25) is 0 Å². The molecule has 0 spiro atoms. The van der Waals surface area contributed by atoms with E-state index in [-0.39, 0.29) is 0 Å². The predicted octanol–water partition coefficient (Wildman–Crippen LogP) is 2.92. The Hall–Kier alpha value is -0.830. The zero-order chi connectivity index (χ0) is 12.1. The summed E-state index contributed by atoms with van der Waals surface area (Å²) >= 11 is 0. The summed E-state index contributed by atoms with van der Waals surface area (Å²) in [6.45, 7) is 3.00. The van der Waals surface area contributed by atoms with Crippen molar-refractivity contribution in [1.82, 2.24) is 9.78 Å². The molecule has 96 valence electrons. The lowest BCUT2D eigenvalue weighted by Gasteiger charge is -2.12. The van der Waals surface area contributed by atoms with E-state index in [4.69, 9.17) is 10.8 Å². The number of aromatic nitrogens is 2. The average molecular weight is 235 g/mol. The van der Waals surface area contributed by atoms with Crippen LogP contribution in [-0.2, 0) is 6.42 Å². The third kappa shape index (κ3) is 3.32. The van der Waals surface area contributed by atoms with Crippen LogP contribution < -0.4 is 5.73 Å². The standard InChI is InChI=1S/C14H25N3/c1-2-5-12(11-15)10-13-8-9-17(16-13)14-6-3-4-7-14/h8-9,12,14H,2-7,10-11,15H2,1H3. The summed E-state index contributed by atoms with van der Waals surface area (Å²) < 4.78 is 2.18. The van der Waals surface area contributed by atoms with Gasteiger partial charge in [0.15, 0.2) is 0 Å². The van der Waals surface area contributed by atoms with Crippen molar-refractivity contribution in [3.8, 4) is 0 Å². The van der Waals surface area contributed by atoms with Gasteiger partial charge in [-0.25, -0.2) is 0 Å². The minimum Gasteiger partial charge on any atom is -0.330 e. The highest BCUT2D eigenvalue weighted by Crippen LogP contribution is 2.28. The third-order valence-corrected chi connectivity index (χ3v) is 3.89. The number of hydrogen-bond acceptors (Lipinski definition) is 2. The van der Waals surface area contributed by atoms with Crippen LogP contribution in [0.1, 0.15) is 57.2 Å². The largest absolute Gasteiger partial charge is 0.330 e. The smallest absolute Gasteiger partial charge is 0.0627 e. The summed E-state index contributed by atoms with van der Waals surface area (Å²) in [6, 6.07) is 2.84. The van der Waals surface area contributed by atoms with Gasteiger partial charge in [0.25, 0.3) is 0 Å². The van der Waals surface area contributed by atoms with E-state index in [0.29, 0.717) is 12.0 Å². The van der Waals surface area contributed by atoms with Gasteiger partial charge in [-0.05, 0) is 44.2 Å². The van der Waals surface area contributed by atoms with Crippen molar-refractivity contribution in [2.45, 2.75) is 57.9 Å². The molecule has 17 heavy (non-hydrogen) atoms. The lowest BCUT2D eigenvalue weighted by Crippen LogP contribution is -2.17. The molecule has 1 heterocycles. The van der Waals surface area contributed by atoms with Crippen LogP contribution in [0.4, 0.5) is 0 Å². The summed E-state index contributed by atoms with van der Waals surface area (Å²) in [7, 11) is 0.